The van der Waals surface area contributed by atoms with Gasteiger partial charge in [-0.05, 0) is 26.0 Å². The summed E-state index contributed by atoms with van der Waals surface area (Å²) in [5, 5.41) is 9.49. The molecule has 0 saturated carbocycles. The second-order valence-corrected chi connectivity index (χ2v) is 3.23. The summed E-state index contributed by atoms with van der Waals surface area (Å²) in [7, 11) is 0. The Hall–Kier alpha value is -1.77. The number of rotatable bonds is 2. The van der Waals surface area contributed by atoms with E-state index in [0.29, 0.717) is 11.3 Å². The maximum absolute atomic E-state index is 10.8. The molecule has 0 fully saturated rings. The lowest BCUT2D eigenvalue weighted by Crippen LogP contribution is -2.00. The molecule has 3 nitrogen and oxygen atoms in total. The number of hydrogen-bond acceptors (Lipinski definition) is 3. The molecule has 0 aliphatic heterocycles. The van der Waals surface area contributed by atoms with Crippen LogP contribution in [0.25, 0.3) is 5.70 Å². The molecule has 3 heteroatoms. The lowest BCUT2D eigenvalue weighted by Gasteiger charge is -2.05. The van der Waals surface area contributed by atoms with Gasteiger partial charge in [0.05, 0.1) is 0 Å². The van der Waals surface area contributed by atoms with Crippen molar-refractivity contribution in [1.29, 1.82) is 0 Å². The second-order valence-electron chi connectivity index (χ2n) is 3.23. The molecule has 0 aliphatic rings. The molecule has 0 saturated heterocycles. The zero-order valence-electron chi connectivity index (χ0n) is 8.24. The van der Waals surface area contributed by atoms with Crippen molar-refractivity contribution in [2.45, 2.75) is 13.8 Å². The zero-order chi connectivity index (χ0) is 10.7. The van der Waals surface area contributed by atoms with Crippen molar-refractivity contribution in [2.75, 3.05) is 0 Å². The molecule has 1 aromatic rings. The molecule has 14 heavy (non-hydrogen) atoms. The van der Waals surface area contributed by atoms with Gasteiger partial charge in [-0.3, -0.25) is 4.79 Å². The fourth-order valence-electron chi connectivity index (χ4n) is 1.18. The van der Waals surface area contributed by atoms with Gasteiger partial charge in [-0.2, -0.15) is 0 Å². The molecule has 0 aromatic heterocycles. The van der Waals surface area contributed by atoms with Gasteiger partial charge in [0.2, 0.25) is 0 Å². The molecule has 0 atom stereocenters. The smallest absolute Gasteiger partial charge is 0.154 e. The van der Waals surface area contributed by atoms with Gasteiger partial charge in [0.1, 0.15) is 5.75 Å². The molecule has 0 heterocycles. The van der Waals surface area contributed by atoms with Crippen molar-refractivity contribution in [1.82, 2.24) is 0 Å². The average Bonchev–Trinajstić information content (AvgIpc) is 2.08. The Morgan fingerprint density at radius 3 is 2.71 bits per heavy atom. The SMILES string of the molecule is CC(=O)/C=C(/N)c1cc(C)ccc1O. The minimum atomic E-state index is -0.136. The Morgan fingerprint density at radius 1 is 1.50 bits per heavy atom. The fourth-order valence-corrected chi connectivity index (χ4v) is 1.18. The van der Waals surface area contributed by atoms with E-state index in [0.717, 1.165) is 5.56 Å². The molecule has 0 amide bonds. The summed E-state index contributed by atoms with van der Waals surface area (Å²) in [5.41, 5.74) is 7.42. The topological polar surface area (TPSA) is 63.3 Å². The van der Waals surface area contributed by atoms with Crippen molar-refractivity contribution < 1.29 is 9.90 Å². The molecule has 0 unspecified atom stereocenters. The van der Waals surface area contributed by atoms with E-state index in [-0.39, 0.29) is 11.5 Å². The highest BCUT2D eigenvalue weighted by molar-refractivity contribution is 5.95. The van der Waals surface area contributed by atoms with Gasteiger partial charge in [0, 0.05) is 17.3 Å². The van der Waals surface area contributed by atoms with E-state index in [1.54, 1.807) is 18.2 Å². The van der Waals surface area contributed by atoms with Gasteiger partial charge in [0.25, 0.3) is 0 Å². The number of nitrogens with two attached hydrogens (primary N) is 1. The third kappa shape index (κ3) is 2.36. The maximum Gasteiger partial charge on any atom is 0.154 e. The highest BCUT2D eigenvalue weighted by atomic mass is 16.3. The Labute approximate surface area is 82.9 Å². The third-order valence-corrected chi connectivity index (χ3v) is 1.82. The first-order chi connectivity index (χ1) is 6.50. The summed E-state index contributed by atoms with van der Waals surface area (Å²) in [6, 6.07) is 5.08. The average molecular weight is 191 g/mol. The molecule has 1 aromatic carbocycles. The first-order valence-electron chi connectivity index (χ1n) is 4.28. The summed E-state index contributed by atoms with van der Waals surface area (Å²) in [6.07, 6.45) is 1.30. The van der Waals surface area contributed by atoms with Crippen LogP contribution in [0.4, 0.5) is 0 Å². The minimum Gasteiger partial charge on any atom is -0.507 e. The normalized spacial score (nSPS) is 11.4. The van der Waals surface area contributed by atoms with Crippen molar-refractivity contribution in [3.8, 4) is 5.75 Å². The van der Waals surface area contributed by atoms with E-state index < -0.39 is 0 Å². The maximum atomic E-state index is 10.8. The number of phenolic OH excluding ortho intramolecular Hbond substituents is 1. The summed E-state index contributed by atoms with van der Waals surface area (Å²) in [5.74, 6) is -0.0472. The third-order valence-electron chi connectivity index (χ3n) is 1.82. The molecule has 0 bridgehead atoms. The van der Waals surface area contributed by atoms with E-state index in [2.05, 4.69) is 0 Å². The number of allylic oxidation sites excluding steroid dienone is 1. The number of phenols is 1. The number of hydrogen-bond donors (Lipinski definition) is 2. The van der Waals surface area contributed by atoms with Gasteiger partial charge in [-0.1, -0.05) is 11.6 Å². The minimum absolute atomic E-state index is 0.0885. The van der Waals surface area contributed by atoms with Crippen LogP contribution in [0.3, 0.4) is 0 Å². The molecule has 0 aliphatic carbocycles. The lowest BCUT2D eigenvalue weighted by atomic mass is 10.1. The number of benzene rings is 1. The molecule has 74 valence electrons. The van der Waals surface area contributed by atoms with E-state index in [4.69, 9.17) is 5.73 Å². The van der Waals surface area contributed by atoms with Crippen molar-refractivity contribution in [3.63, 3.8) is 0 Å². The van der Waals surface area contributed by atoms with Crippen molar-refractivity contribution in [3.05, 3.63) is 35.4 Å². The van der Waals surface area contributed by atoms with Crippen molar-refractivity contribution in [2.24, 2.45) is 5.73 Å². The molecule has 1 rings (SSSR count). The highest BCUT2D eigenvalue weighted by Gasteiger charge is 2.04. The van der Waals surface area contributed by atoms with Crippen LogP contribution in [0.5, 0.6) is 5.75 Å². The Bertz CT molecular complexity index is 394. The summed E-state index contributed by atoms with van der Waals surface area (Å²) in [4.78, 5) is 10.8. The van der Waals surface area contributed by atoms with E-state index in [9.17, 15) is 9.90 Å². The number of ketones is 1. The number of aryl methyl sites for hydroxylation is 1. The predicted molar refractivity (Wildman–Crippen MR) is 55.7 cm³/mol. The monoisotopic (exact) mass is 191 g/mol. The number of carbonyl (C=O) groups is 1. The summed E-state index contributed by atoms with van der Waals surface area (Å²) >= 11 is 0. The first-order valence-corrected chi connectivity index (χ1v) is 4.28. The van der Waals surface area contributed by atoms with E-state index in [1.807, 2.05) is 6.92 Å². The molecular formula is C11H13NO2. The van der Waals surface area contributed by atoms with Crippen LogP contribution in [-0.4, -0.2) is 10.9 Å². The molecule has 0 radical (unpaired) electrons. The quantitative estimate of drug-likeness (QED) is 0.698. The van der Waals surface area contributed by atoms with Gasteiger partial charge in [-0.15, -0.1) is 0 Å². The van der Waals surface area contributed by atoms with Crippen LogP contribution in [-0.2, 0) is 4.79 Å². The number of carbonyl (C=O) groups excluding carboxylic acids is 1. The lowest BCUT2D eigenvalue weighted by molar-refractivity contribution is -0.112. The highest BCUT2D eigenvalue weighted by Crippen LogP contribution is 2.22. The van der Waals surface area contributed by atoms with Crippen LogP contribution < -0.4 is 5.73 Å². The van der Waals surface area contributed by atoms with E-state index >= 15 is 0 Å². The first kappa shape index (κ1) is 10.3. The van der Waals surface area contributed by atoms with Crippen LogP contribution in [0, 0.1) is 6.92 Å². The van der Waals surface area contributed by atoms with Crippen LogP contribution in [0.15, 0.2) is 24.3 Å². The predicted octanol–water partition coefficient (Wildman–Crippen LogP) is 1.59. The summed E-state index contributed by atoms with van der Waals surface area (Å²) < 4.78 is 0. The van der Waals surface area contributed by atoms with Crippen LogP contribution in [0.2, 0.25) is 0 Å². The Morgan fingerprint density at radius 2 is 2.14 bits per heavy atom. The Balaban J connectivity index is 3.18. The van der Waals surface area contributed by atoms with Crippen LogP contribution in [0.1, 0.15) is 18.1 Å². The van der Waals surface area contributed by atoms with Gasteiger partial charge in [-0.25, -0.2) is 0 Å². The Kier molecular flexibility index (Phi) is 2.92. The molecule has 3 N–H and O–H groups in total. The van der Waals surface area contributed by atoms with Crippen LogP contribution >= 0.6 is 0 Å². The van der Waals surface area contributed by atoms with E-state index in [1.165, 1.54) is 13.0 Å². The molecule has 0 spiro atoms. The second kappa shape index (κ2) is 3.96. The van der Waals surface area contributed by atoms with Crippen molar-refractivity contribution >= 4 is 11.5 Å². The van der Waals surface area contributed by atoms with Gasteiger partial charge >= 0.3 is 0 Å². The van der Waals surface area contributed by atoms with Gasteiger partial charge < -0.3 is 10.8 Å². The molecular weight excluding hydrogens is 178 g/mol. The van der Waals surface area contributed by atoms with Gasteiger partial charge in [0.15, 0.2) is 5.78 Å². The zero-order valence-corrected chi connectivity index (χ0v) is 8.24. The largest absolute Gasteiger partial charge is 0.507 e. The fraction of sp³-hybridized carbons (Fsp3) is 0.182. The number of aromatic hydroxyl groups is 1. The standard InChI is InChI=1S/C11H13NO2/c1-7-3-4-11(14)9(5-7)10(12)6-8(2)13/h3-6,14H,12H2,1-2H3/b10-6+. The summed E-state index contributed by atoms with van der Waals surface area (Å²) in [6.45, 7) is 3.31.